The average Bonchev–Trinajstić information content (AvgIpc) is 2.94. The number of benzene rings is 1. The number of aromatic nitrogens is 3. The van der Waals surface area contributed by atoms with Crippen LogP contribution in [0.2, 0.25) is 0 Å². The topological polar surface area (TPSA) is 30.7 Å². The molecule has 3 rings (SSSR count). The van der Waals surface area contributed by atoms with Crippen LogP contribution in [0, 0.1) is 0 Å². The molecule has 21 heavy (non-hydrogen) atoms. The summed E-state index contributed by atoms with van der Waals surface area (Å²) in [7, 11) is 0. The van der Waals surface area contributed by atoms with Crippen LogP contribution in [0.4, 0.5) is 0 Å². The van der Waals surface area contributed by atoms with Crippen molar-refractivity contribution >= 4 is 21.9 Å². The number of aryl methyl sites for hydroxylation is 1. The lowest BCUT2D eigenvalue weighted by Crippen LogP contribution is -1.97. The van der Waals surface area contributed by atoms with E-state index in [1.807, 2.05) is 18.6 Å². The summed E-state index contributed by atoms with van der Waals surface area (Å²) in [6.07, 6.45) is 11.8. The van der Waals surface area contributed by atoms with E-state index in [-0.39, 0.29) is 0 Å². The Kier molecular flexibility index (Phi) is 4.49. The third-order valence-corrected chi connectivity index (χ3v) is 4.10. The number of pyridine rings is 1. The zero-order valence-electron chi connectivity index (χ0n) is 12.8. The number of hydrogen-bond acceptors (Lipinski definition) is 2. The van der Waals surface area contributed by atoms with E-state index in [9.17, 15) is 0 Å². The Bertz CT molecular complexity index is 715. The van der Waals surface area contributed by atoms with Crippen molar-refractivity contribution in [2.24, 2.45) is 0 Å². The molecular formula is C18H23N3. The number of nitrogens with zero attached hydrogens (tertiary/aromatic N) is 3. The third kappa shape index (κ3) is 3.07. The van der Waals surface area contributed by atoms with Gasteiger partial charge in [0.05, 0.1) is 23.6 Å². The maximum atomic E-state index is 4.50. The molecule has 3 aromatic rings. The first kappa shape index (κ1) is 14.1. The van der Waals surface area contributed by atoms with Gasteiger partial charge in [0.1, 0.15) is 5.52 Å². The molecule has 0 aliphatic carbocycles. The Morgan fingerprint density at radius 1 is 0.905 bits per heavy atom. The van der Waals surface area contributed by atoms with Gasteiger partial charge in [0.25, 0.3) is 0 Å². The molecule has 0 spiro atoms. The Hall–Kier alpha value is -1.90. The zero-order chi connectivity index (χ0) is 14.5. The van der Waals surface area contributed by atoms with Crippen molar-refractivity contribution in [3.8, 4) is 0 Å². The molecule has 2 heterocycles. The number of hydrogen-bond donors (Lipinski definition) is 0. The molecule has 2 aromatic heterocycles. The number of imidazole rings is 1. The largest absolute Gasteiger partial charge is 0.330 e. The van der Waals surface area contributed by atoms with Crippen LogP contribution in [0.25, 0.3) is 21.9 Å². The first-order valence-electron chi connectivity index (χ1n) is 8.08. The van der Waals surface area contributed by atoms with E-state index < -0.39 is 0 Å². The van der Waals surface area contributed by atoms with E-state index in [1.54, 1.807) is 0 Å². The smallest absolute Gasteiger partial charge is 0.107 e. The van der Waals surface area contributed by atoms with Gasteiger partial charge < -0.3 is 4.57 Å². The van der Waals surface area contributed by atoms with Gasteiger partial charge in [-0.25, -0.2) is 4.98 Å². The van der Waals surface area contributed by atoms with Gasteiger partial charge in [-0.15, -0.1) is 0 Å². The fourth-order valence-corrected chi connectivity index (χ4v) is 2.93. The number of rotatable bonds is 7. The molecule has 0 aliphatic heterocycles. The lowest BCUT2D eigenvalue weighted by Gasteiger charge is -2.06. The molecule has 1 aromatic carbocycles. The highest BCUT2D eigenvalue weighted by atomic mass is 15.0. The summed E-state index contributed by atoms with van der Waals surface area (Å²) in [5.41, 5.74) is 3.28. The van der Waals surface area contributed by atoms with Crippen LogP contribution in [0.1, 0.15) is 45.4 Å². The Labute approximate surface area is 126 Å². The highest BCUT2D eigenvalue weighted by Crippen LogP contribution is 2.23. The molecule has 0 saturated carbocycles. The molecule has 0 N–H and O–H groups in total. The molecule has 0 radical (unpaired) electrons. The third-order valence-electron chi connectivity index (χ3n) is 4.10. The van der Waals surface area contributed by atoms with E-state index in [2.05, 4.69) is 39.7 Å². The van der Waals surface area contributed by atoms with Crippen LogP contribution in [-0.4, -0.2) is 14.5 Å². The van der Waals surface area contributed by atoms with Gasteiger partial charge in [0.15, 0.2) is 0 Å². The number of para-hydroxylation sites is 1. The molecule has 0 amide bonds. The molecule has 3 nitrogen and oxygen atoms in total. The summed E-state index contributed by atoms with van der Waals surface area (Å²) in [4.78, 5) is 8.97. The van der Waals surface area contributed by atoms with E-state index in [4.69, 9.17) is 0 Å². The minimum absolute atomic E-state index is 1.000. The van der Waals surface area contributed by atoms with Gasteiger partial charge in [0.2, 0.25) is 0 Å². The van der Waals surface area contributed by atoms with E-state index in [0.717, 1.165) is 17.6 Å². The first-order chi connectivity index (χ1) is 10.4. The SMILES string of the molecule is CCCCCCCCn1cnc2cnc3ccccc3c21. The second kappa shape index (κ2) is 6.70. The summed E-state index contributed by atoms with van der Waals surface area (Å²) in [6, 6.07) is 8.32. The zero-order valence-corrected chi connectivity index (χ0v) is 12.8. The van der Waals surface area contributed by atoms with Gasteiger partial charge in [-0.1, -0.05) is 57.2 Å². The summed E-state index contributed by atoms with van der Waals surface area (Å²) >= 11 is 0. The van der Waals surface area contributed by atoms with Crippen LogP contribution in [0.3, 0.4) is 0 Å². The lowest BCUT2D eigenvalue weighted by atomic mass is 10.1. The second-order valence-corrected chi connectivity index (χ2v) is 5.71. The van der Waals surface area contributed by atoms with Crippen molar-refractivity contribution in [2.75, 3.05) is 0 Å². The molecule has 0 aliphatic rings. The Morgan fingerprint density at radius 2 is 1.71 bits per heavy atom. The van der Waals surface area contributed by atoms with Crippen molar-refractivity contribution in [1.29, 1.82) is 0 Å². The molecule has 0 bridgehead atoms. The van der Waals surface area contributed by atoms with Crippen molar-refractivity contribution in [3.63, 3.8) is 0 Å². The summed E-state index contributed by atoms with van der Waals surface area (Å²) in [5, 5.41) is 1.21. The summed E-state index contributed by atoms with van der Waals surface area (Å²) in [6.45, 7) is 3.31. The minimum atomic E-state index is 1.000. The fourth-order valence-electron chi connectivity index (χ4n) is 2.93. The van der Waals surface area contributed by atoms with Crippen molar-refractivity contribution in [2.45, 2.75) is 52.0 Å². The normalized spacial score (nSPS) is 11.5. The van der Waals surface area contributed by atoms with Crippen molar-refractivity contribution in [1.82, 2.24) is 14.5 Å². The maximum Gasteiger partial charge on any atom is 0.107 e. The molecule has 0 fully saturated rings. The highest BCUT2D eigenvalue weighted by molar-refractivity contribution is 6.01. The van der Waals surface area contributed by atoms with Gasteiger partial charge in [-0.2, -0.15) is 0 Å². The van der Waals surface area contributed by atoms with Crippen molar-refractivity contribution in [3.05, 3.63) is 36.8 Å². The fraction of sp³-hybridized carbons (Fsp3) is 0.444. The molecule has 0 unspecified atom stereocenters. The standard InChI is InChI=1S/C18H23N3/c1-2-3-4-5-6-9-12-21-14-20-17-13-19-16-11-8-7-10-15(16)18(17)21/h7-8,10-11,13-14H,2-6,9,12H2,1H3. The van der Waals surface area contributed by atoms with Crippen LogP contribution >= 0.6 is 0 Å². The van der Waals surface area contributed by atoms with Crippen LogP contribution in [0.5, 0.6) is 0 Å². The second-order valence-electron chi connectivity index (χ2n) is 5.71. The molecular weight excluding hydrogens is 258 g/mol. The Morgan fingerprint density at radius 3 is 2.62 bits per heavy atom. The van der Waals surface area contributed by atoms with Crippen LogP contribution in [-0.2, 0) is 6.54 Å². The van der Waals surface area contributed by atoms with Crippen LogP contribution in [0.15, 0.2) is 36.8 Å². The Balaban J connectivity index is 1.75. The molecule has 0 saturated heterocycles. The predicted octanol–water partition coefficient (Wildman–Crippen LogP) is 4.95. The van der Waals surface area contributed by atoms with Gasteiger partial charge in [-0.3, -0.25) is 4.98 Å². The summed E-state index contributed by atoms with van der Waals surface area (Å²) < 4.78 is 2.29. The molecule has 110 valence electrons. The quantitative estimate of drug-likeness (QED) is 0.574. The monoisotopic (exact) mass is 281 g/mol. The minimum Gasteiger partial charge on any atom is -0.330 e. The first-order valence-corrected chi connectivity index (χ1v) is 8.08. The van der Waals surface area contributed by atoms with Crippen molar-refractivity contribution < 1.29 is 0 Å². The molecule has 0 atom stereocenters. The van der Waals surface area contributed by atoms with E-state index in [1.165, 1.54) is 49.4 Å². The maximum absolute atomic E-state index is 4.50. The van der Waals surface area contributed by atoms with Gasteiger partial charge >= 0.3 is 0 Å². The predicted molar refractivity (Wildman–Crippen MR) is 88.4 cm³/mol. The van der Waals surface area contributed by atoms with Crippen LogP contribution < -0.4 is 0 Å². The van der Waals surface area contributed by atoms with E-state index in [0.29, 0.717) is 0 Å². The lowest BCUT2D eigenvalue weighted by molar-refractivity contribution is 0.564. The van der Waals surface area contributed by atoms with E-state index >= 15 is 0 Å². The average molecular weight is 281 g/mol. The highest BCUT2D eigenvalue weighted by Gasteiger charge is 2.07. The molecule has 3 heteroatoms. The number of fused-ring (bicyclic) bond motifs is 3. The summed E-state index contributed by atoms with van der Waals surface area (Å²) in [5.74, 6) is 0. The van der Waals surface area contributed by atoms with Gasteiger partial charge in [0, 0.05) is 11.9 Å². The van der Waals surface area contributed by atoms with Gasteiger partial charge in [-0.05, 0) is 12.5 Å². The number of unbranched alkanes of at least 4 members (excludes halogenated alkanes) is 5.